The molecule has 0 saturated heterocycles. The third-order valence-corrected chi connectivity index (χ3v) is 4.08. The van der Waals surface area contributed by atoms with Gasteiger partial charge in [-0.15, -0.1) is 0 Å². The van der Waals surface area contributed by atoms with Gasteiger partial charge in [0, 0.05) is 18.0 Å². The number of nitrogens with one attached hydrogen (secondary N) is 1. The Balaban J connectivity index is 1.79. The molecule has 3 rings (SSSR count). The van der Waals surface area contributed by atoms with Crippen LogP contribution in [0.5, 0.6) is 11.5 Å². The zero-order chi connectivity index (χ0) is 19.1. The van der Waals surface area contributed by atoms with E-state index in [0.717, 1.165) is 18.5 Å². The number of hydrogen-bond acceptors (Lipinski definition) is 4. The maximum absolute atomic E-state index is 12.7. The Hall–Kier alpha value is -3.28. The van der Waals surface area contributed by atoms with Crippen LogP contribution < -0.4 is 14.8 Å². The predicted octanol–water partition coefficient (Wildman–Crippen LogP) is 4.31. The van der Waals surface area contributed by atoms with E-state index >= 15 is 0 Å². The summed E-state index contributed by atoms with van der Waals surface area (Å²) in [6, 6.07) is 14.5. The van der Waals surface area contributed by atoms with E-state index in [9.17, 15) is 4.79 Å². The molecule has 1 heterocycles. The minimum atomic E-state index is -0.229. The molecule has 0 aliphatic carbocycles. The number of nitrogens with zero attached hydrogens (tertiary/aromatic N) is 2. The lowest BCUT2D eigenvalue weighted by atomic mass is 10.1. The second-order valence-corrected chi connectivity index (χ2v) is 5.99. The van der Waals surface area contributed by atoms with Crippen LogP contribution in [0.4, 0.5) is 5.69 Å². The fraction of sp³-hybridized carbons (Fsp3) is 0.238. The van der Waals surface area contributed by atoms with Crippen LogP contribution in [-0.4, -0.2) is 29.4 Å². The van der Waals surface area contributed by atoms with Gasteiger partial charge in [-0.1, -0.05) is 25.5 Å². The highest BCUT2D eigenvalue weighted by molar-refractivity contribution is 6.05. The van der Waals surface area contributed by atoms with Crippen LogP contribution in [0.25, 0.3) is 5.69 Å². The number of carbonyl (C=O) groups is 1. The topological polar surface area (TPSA) is 65.4 Å². The number of benzene rings is 2. The molecule has 27 heavy (non-hydrogen) atoms. The number of hydrogen-bond donors (Lipinski definition) is 1. The Kier molecular flexibility index (Phi) is 6.10. The van der Waals surface area contributed by atoms with E-state index in [0.29, 0.717) is 29.4 Å². The molecular weight excluding hydrogens is 342 g/mol. The zero-order valence-electron chi connectivity index (χ0n) is 15.5. The number of anilines is 1. The van der Waals surface area contributed by atoms with E-state index in [-0.39, 0.29) is 5.91 Å². The first kappa shape index (κ1) is 18.5. The Bertz CT molecular complexity index is 891. The molecule has 0 unspecified atom stereocenters. The van der Waals surface area contributed by atoms with Crippen LogP contribution >= 0.6 is 0 Å². The smallest absolute Gasteiger partial charge is 0.255 e. The van der Waals surface area contributed by atoms with Gasteiger partial charge in [-0.05, 0) is 42.8 Å². The van der Waals surface area contributed by atoms with Crippen molar-refractivity contribution in [3.63, 3.8) is 0 Å². The largest absolute Gasteiger partial charge is 0.493 e. The van der Waals surface area contributed by atoms with Crippen molar-refractivity contribution in [2.75, 3.05) is 19.0 Å². The second kappa shape index (κ2) is 8.89. The molecule has 0 aliphatic heterocycles. The quantitative estimate of drug-likeness (QED) is 0.604. The minimum Gasteiger partial charge on any atom is -0.493 e. The standard InChI is InChI=1S/C21H23N3O3/c1-3-4-14-27-19-11-10-16(15-20(19)26-2)21(25)23-17-8-5-6-9-18(17)24-13-7-12-22-24/h5-13,15H,3-4,14H2,1-2H3,(H,23,25). The van der Waals surface area contributed by atoms with Gasteiger partial charge >= 0.3 is 0 Å². The van der Waals surface area contributed by atoms with E-state index in [1.807, 2.05) is 36.5 Å². The molecule has 3 aromatic rings. The van der Waals surface area contributed by atoms with E-state index in [1.54, 1.807) is 36.2 Å². The van der Waals surface area contributed by atoms with Gasteiger partial charge in [-0.3, -0.25) is 4.79 Å². The zero-order valence-corrected chi connectivity index (χ0v) is 15.5. The first-order valence-corrected chi connectivity index (χ1v) is 8.94. The molecule has 0 saturated carbocycles. The van der Waals surface area contributed by atoms with Crippen LogP contribution in [0.1, 0.15) is 30.1 Å². The van der Waals surface area contributed by atoms with E-state index < -0.39 is 0 Å². The molecule has 140 valence electrons. The van der Waals surface area contributed by atoms with E-state index in [1.165, 1.54) is 0 Å². The molecule has 0 radical (unpaired) electrons. The summed E-state index contributed by atoms with van der Waals surface area (Å²) in [6.07, 6.45) is 5.55. The van der Waals surface area contributed by atoms with E-state index in [4.69, 9.17) is 9.47 Å². The van der Waals surface area contributed by atoms with Crippen molar-refractivity contribution in [3.05, 3.63) is 66.5 Å². The van der Waals surface area contributed by atoms with Crippen LogP contribution in [0.15, 0.2) is 60.9 Å². The number of unbranched alkanes of at least 4 members (excludes halogenated alkanes) is 1. The fourth-order valence-electron chi connectivity index (χ4n) is 2.64. The molecule has 0 fully saturated rings. The predicted molar refractivity (Wildman–Crippen MR) is 105 cm³/mol. The highest BCUT2D eigenvalue weighted by Crippen LogP contribution is 2.29. The summed E-state index contributed by atoms with van der Waals surface area (Å²) in [6.45, 7) is 2.73. The molecule has 2 aromatic carbocycles. The highest BCUT2D eigenvalue weighted by atomic mass is 16.5. The highest BCUT2D eigenvalue weighted by Gasteiger charge is 2.13. The molecule has 1 amide bonds. The van der Waals surface area contributed by atoms with Crippen LogP contribution in [0, 0.1) is 0 Å². The van der Waals surface area contributed by atoms with Gasteiger partial charge < -0.3 is 14.8 Å². The summed E-state index contributed by atoms with van der Waals surface area (Å²) < 4.78 is 12.8. The van der Waals surface area contributed by atoms with Gasteiger partial charge in [0.15, 0.2) is 11.5 Å². The number of rotatable bonds is 8. The molecule has 6 nitrogen and oxygen atoms in total. The maximum Gasteiger partial charge on any atom is 0.255 e. The Morgan fingerprint density at radius 2 is 2.00 bits per heavy atom. The van der Waals surface area contributed by atoms with Gasteiger partial charge in [-0.25, -0.2) is 4.68 Å². The average Bonchev–Trinajstić information content (AvgIpc) is 3.23. The number of amides is 1. The van der Waals surface area contributed by atoms with Crippen molar-refractivity contribution < 1.29 is 14.3 Å². The maximum atomic E-state index is 12.7. The van der Waals surface area contributed by atoms with Crippen LogP contribution in [0.2, 0.25) is 0 Å². The number of methoxy groups -OCH3 is 1. The summed E-state index contributed by atoms with van der Waals surface area (Å²) >= 11 is 0. The summed E-state index contributed by atoms with van der Waals surface area (Å²) in [5.74, 6) is 0.951. The van der Waals surface area contributed by atoms with Crippen molar-refractivity contribution in [1.82, 2.24) is 9.78 Å². The molecule has 0 bridgehead atoms. The third-order valence-electron chi connectivity index (χ3n) is 4.08. The Labute approximate surface area is 158 Å². The summed E-state index contributed by atoms with van der Waals surface area (Å²) in [5, 5.41) is 7.17. The number of carbonyl (C=O) groups excluding carboxylic acids is 1. The fourth-order valence-corrected chi connectivity index (χ4v) is 2.64. The summed E-state index contributed by atoms with van der Waals surface area (Å²) in [7, 11) is 1.57. The van der Waals surface area contributed by atoms with Crippen molar-refractivity contribution >= 4 is 11.6 Å². The van der Waals surface area contributed by atoms with Crippen molar-refractivity contribution in [3.8, 4) is 17.2 Å². The van der Waals surface area contributed by atoms with Gasteiger partial charge in [0.05, 0.1) is 25.1 Å². The normalized spacial score (nSPS) is 10.4. The Morgan fingerprint density at radius 3 is 2.74 bits per heavy atom. The van der Waals surface area contributed by atoms with Gasteiger partial charge in [0.1, 0.15) is 0 Å². The van der Waals surface area contributed by atoms with Gasteiger partial charge in [0.2, 0.25) is 0 Å². The van der Waals surface area contributed by atoms with Crippen LogP contribution in [-0.2, 0) is 0 Å². The van der Waals surface area contributed by atoms with Gasteiger partial charge in [0.25, 0.3) is 5.91 Å². The SMILES string of the molecule is CCCCOc1ccc(C(=O)Nc2ccccc2-n2cccn2)cc1OC. The lowest BCUT2D eigenvalue weighted by Crippen LogP contribution is -2.14. The first-order chi connectivity index (χ1) is 13.2. The van der Waals surface area contributed by atoms with Crippen molar-refractivity contribution in [2.24, 2.45) is 0 Å². The van der Waals surface area contributed by atoms with Crippen molar-refractivity contribution in [1.29, 1.82) is 0 Å². The summed E-state index contributed by atoms with van der Waals surface area (Å²) in [4.78, 5) is 12.7. The summed E-state index contributed by atoms with van der Waals surface area (Å²) in [5.41, 5.74) is 1.96. The minimum absolute atomic E-state index is 0.229. The molecule has 1 N–H and O–H groups in total. The number of para-hydroxylation sites is 2. The Morgan fingerprint density at radius 1 is 1.15 bits per heavy atom. The molecule has 6 heteroatoms. The molecule has 0 atom stereocenters. The average molecular weight is 365 g/mol. The van der Waals surface area contributed by atoms with Crippen LogP contribution in [0.3, 0.4) is 0 Å². The number of aromatic nitrogens is 2. The lowest BCUT2D eigenvalue weighted by molar-refractivity contribution is 0.102. The number of ether oxygens (including phenoxy) is 2. The van der Waals surface area contributed by atoms with Gasteiger partial charge in [-0.2, -0.15) is 5.10 Å². The second-order valence-electron chi connectivity index (χ2n) is 5.99. The van der Waals surface area contributed by atoms with Crippen molar-refractivity contribution in [2.45, 2.75) is 19.8 Å². The molecule has 0 spiro atoms. The molecular formula is C21H23N3O3. The molecule has 0 aliphatic rings. The monoisotopic (exact) mass is 365 g/mol. The lowest BCUT2D eigenvalue weighted by Gasteiger charge is -2.13. The first-order valence-electron chi connectivity index (χ1n) is 8.94. The third kappa shape index (κ3) is 4.47. The molecule has 1 aromatic heterocycles. The van der Waals surface area contributed by atoms with E-state index in [2.05, 4.69) is 17.3 Å².